The molecule has 0 radical (unpaired) electrons. The predicted molar refractivity (Wildman–Crippen MR) is 76.8 cm³/mol. The molecule has 0 aromatic carbocycles. The zero-order valence-corrected chi connectivity index (χ0v) is 12.3. The van der Waals surface area contributed by atoms with Crippen molar-refractivity contribution >= 4 is 0 Å². The van der Waals surface area contributed by atoms with E-state index in [-0.39, 0.29) is 11.6 Å². The van der Waals surface area contributed by atoms with Crippen molar-refractivity contribution in [1.82, 2.24) is 5.43 Å². The minimum atomic E-state index is -0.0139. The lowest BCUT2D eigenvalue weighted by molar-refractivity contribution is -0.0642. The standard InChI is InChI=1S/C15H30N2O2/c1-2-19-15(10-3-4-11-15)14(17-16)9-5-7-13-8-6-12-18-13/h13-14,17H,2-12,16H2,1H3. The molecule has 2 fully saturated rings. The van der Waals surface area contributed by atoms with Crippen LogP contribution in [0.5, 0.6) is 0 Å². The van der Waals surface area contributed by atoms with Crippen LogP contribution in [0.4, 0.5) is 0 Å². The second kappa shape index (κ2) is 7.58. The Morgan fingerprint density at radius 1 is 1.37 bits per heavy atom. The van der Waals surface area contributed by atoms with Crippen molar-refractivity contribution in [1.29, 1.82) is 0 Å². The third kappa shape index (κ3) is 3.91. The first kappa shape index (κ1) is 15.2. The van der Waals surface area contributed by atoms with E-state index in [1.807, 2.05) is 0 Å². The van der Waals surface area contributed by atoms with Crippen LogP contribution in [0.15, 0.2) is 0 Å². The molecule has 2 rings (SSSR count). The zero-order valence-electron chi connectivity index (χ0n) is 12.3. The lowest BCUT2D eigenvalue weighted by Crippen LogP contribution is -2.53. The van der Waals surface area contributed by atoms with Gasteiger partial charge in [0.05, 0.1) is 17.7 Å². The number of nitrogens with two attached hydrogens (primary N) is 1. The van der Waals surface area contributed by atoms with Gasteiger partial charge in [-0.1, -0.05) is 12.8 Å². The van der Waals surface area contributed by atoms with Crippen molar-refractivity contribution in [2.75, 3.05) is 13.2 Å². The molecule has 1 saturated carbocycles. The Morgan fingerprint density at radius 3 is 2.74 bits per heavy atom. The second-order valence-electron chi connectivity index (χ2n) is 5.99. The fourth-order valence-electron chi connectivity index (χ4n) is 3.77. The van der Waals surface area contributed by atoms with E-state index < -0.39 is 0 Å². The molecule has 2 aliphatic rings. The van der Waals surface area contributed by atoms with E-state index in [1.54, 1.807) is 0 Å². The minimum Gasteiger partial charge on any atom is -0.378 e. The predicted octanol–water partition coefficient (Wildman–Crippen LogP) is 2.52. The maximum absolute atomic E-state index is 6.09. The van der Waals surface area contributed by atoms with Gasteiger partial charge >= 0.3 is 0 Å². The van der Waals surface area contributed by atoms with Gasteiger partial charge in [-0.05, 0) is 51.9 Å². The molecular formula is C15H30N2O2. The Hall–Kier alpha value is -0.160. The van der Waals surface area contributed by atoms with Gasteiger partial charge in [0.15, 0.2) is 0 Å². The number of hydrogen-bond donors (Lipinski definition) is 2. The fraction of sp³-hybridized carbons (Fsp3) is 1.00. The molecule has 0 aromatic heterocycles. The van der Waals surface area contributed by atoms with Crippen LogP contribution in [0.1, 0.15) is 64.7 Å². The van der Waals surface area contributed by atoms with Crippen LogP contribution in [0.25, 0.3) is 0 Å². The van der Waals surface area contributed by atoms with Crippen LogP contribution in [0.2, 0.25) is 0 Å². The molecule has 2 unspecified atom stereocenters. The van der Waals surface area contributed by atoms with E-state index in [0.717, 1.165) is 32.5 Å². The van der Waals surface area contributed by atoms with Gasteiger partial charge in [0.1, 0.15) is 0 Å². The lowest BCUT2D eigenvalue weighted by Gasteiger charge is -2.37. The van der Waals surface area contributed by atoms with Gasteiger partial charge in [-0.2, -0.15) is 0 Å². The van der Waals surface area contributed by atoms with E-state index in [0.29, 0.717) is 6.10 Å². The molecule has 4 heteroatoms. The van der Waals surface area contributed by atoms with Gasteiger partial charge < -0.3 is 9.47 Å². The van der Waals surface area contributed by atoms with Gasteiger partial charge in [-0.25, -0.2) is 0 Å². The molecule has 4 nitrogen and oxygen atoms in total. The van der Waals surface area contributed by atoms with Crippen molar-refractivity contribution in [2.24, 2.45) is 5.84 Å². The minimum absolute atomic E-state index is 0.0139. The maximum Gasteiger partial charge on any atom is 0.0848 e. The first-order valence-electron chi connectivity index (χ1n) is 8.02. The average molecular weight is 270 g/mol. The Labute approximate surface area is 117 Å². The summed E-state index contributed by atoms with van der Waals surface area (Å²) in [5.41, 5.74) is 3.02. The van der Waals surface area contributed by atoms with E-state index >= 15 is 0 Å². The topological polar surface area (TPSA) is 56.5 Å². The highest BCUT2D eigenvalue weighted by atomic mass is 16.5. The molecule has 1 aliphatic heterocycles. The van der Waals surface area contributed by atoms with Crippen molar-refractivity contribution in [3.63, 3.8) is 0 Å². The molecule has 1 aliphatic carbocycles. The van der Waals surface area contributed by atoms with Crippen molar-refractivity contribution in [2.45, 2.75) is 82.5 Å². The van der Waals surface area contributed by atoms with Gasteiger partial charge in [-0.15, -0.1) is 0 Å². The summed E-state index contributed by atoms with van der Waals surface area (Å²) in [6.45, 7) is 3.82. The Balaban J connectivity index is 1.79. The number of nitrogens with one attached hydrogen (secondary N) is 1. The molecule has 19 heavy (non-hydrogen) atoms. The molecule has 3 N–H and O–H groups in total. The molecule has 112 valence electrons. The Morgan fingerprint density at radius 2 is 2.16 bits per heavy atom. The summed E-state index contributed by atoms with van der Waals surface area (Å²) in [5.74, 6) is 5.80. The summed E-state index contributed by atoms with van der Waals surface area (Å²) in [5, 5.41) is 0. The monoisotopic (exact) mass is 270 g/mol. The molecule has 0 amide bonds. The highest BCUT2D eigenvalue weighted by Gasteiger charge is 2.41. The summed E-state index contributed by atoms with van der Waals surface area (Å²) in [6.07, 6.45) is 11.2. The number of ether oxygens (including phenoxy) is 2. The number of hydrazine groups is 1. The average Bonchev–Trinajstić information content (AvgIpc) is 3.07. The smallest absolute Gasteiger partial charge is 0.0848 e. The Bertz CT molecular complexity index is 249. The number of rotatable bonds is 8. The summed E-state index contributed by atoms with van der Waals surface area (Å²) in [6, 6.07) is 0.288. The van der Waals surface area contributed by atoms with Crippen molar-refractivity contribution in [3.05, 3.63) is 0 Å². The molecule has 1 saturated heterocycles. The molecular weight excluding hydrogens is 240 g/mol. The van der Waals surface area contributed by atoms with Gasteiger partial charge in [0.2, 0.25) is 0 Å². The first-order valence-corrected chi connectivity index (χ1v) is 8.02. The van der Waals surface area contributed by atoms with E-state index in [4.69, 9.17) is 15.3 Å². The lowest BCUT2D eigenvalue weighted by atomic mass is 9.88. The maximum atomic E-state index is 6.09. The quantitative estimate of drug-likeness (QED) is 0.525. The molecule has 0 bridgehead atoms. The largest absolute Gasteiger partial charge is 0.378 e. The van der Waals surface area contributed by atoms with Crippen LogP contribution in [-0.4, -0.2) is 31.0 Å². The van der Waals surface area contributed by atoms with Gasteiger partial charge in [0, 0.05) is 13.2 Å². The van der Waals surface area contributed by atoms with E-state index in [2.05, 4.69) is 12.3 Å². The number of hydrogen-bond acceptors (Lipinski definition) is 4. The van der Waals surface area contributed by atoms with Crippen LogP contribution in [-0.2, 0) is 9.47 Å². The first-order chi connectivity index (χ1) is 9.30. The Kier molecular flexibility index (Phi) is 6.07. The van der Waals surface area contributed by atoms with E-state index in [9.17, 15) is 0 Å². The van der Waals surface area contributed by atoms with Crippen LogP contribution in [0, 0.1) is 0 Å². The van der Waals surface area contributed by atoms with Crippen molar-refractivity contribution in [3.8, 4) is 0 Å². The summed E-state index contributed by atoms with van der Waals surface area (Å²) in [7, 11) is 0. The van der Waals surface area contributed by atoms with E-state index in [1.165, 1.54) is 38.5 Å². The van der Waals surface area contributed by atoms with Crippen molar-refractivity contribution < 1.29 is 9.47 Å². The molecule has 2 atom stereocenters. The van der Waals surface area contributed by atoms with Crippen LogP contribution >= 0.6 is 0 Å². The summed E-state index contributed by atoms with van der Waals surface area (Å²) < 4.78 is 11.8. The third-order valence-electron chi connectivity index (χ3n) is 4.76. The highest BCUT2D eigenvalue weighted by molar-refractivity contribution is 4.96. The molecule has 1 heterocycles. The SMILES string of the molecule is CCOC1(C(CCCC2CCCO2)NN)CCCC1. The summed E-state index contributed by atoms with van der Waals surface area (Å²) >= 11 is 0. The van der Waals surface area contributed by atoms with Gasteiger partial charge in [0.25, 0.3) is 0 Å². The van der Waals surface area contributed by atoms with Crippen LogP contribution < -0.4 is 11.3 Å². The normalized spacial score (nSPS) is 27.8. The van der Waals surface area contributed by atoms with Gasteiger partial charge in [-0.3, -0.25) is 11.3 Å². The molecule has 0 spiro atoms. The van der Waals surface area contributed by atoms with Crippen LogP contribution in [0.3, 0.4) is 0 Å². The molecule has 0 aromatic rings. The fourth-order valence-corrected chi connectivity index (χ4v) is 3.77. The third-order valence-corrected chi connectivity index (χ3v) is 4.76. The second-order valence-corrected chi connectivity index (χ2v) is 5.99. The highest BCUT2D eigenvalue weighted by Crippen LogP contribution is 2.37. The summed E-state index contributed by atoms with van der Waals surface area (Å²) in [4.78, 5) is 0. The zero-order chi connectivity index (χ0) is 13.6.